The van der Waals surface area contributed by atoms with E-state index >= 15 is 0 Å². The average molecular weight is 367 g/mol. The number of carbonyl (C=O) groups excluding carboxylic acids is 1. The minimum atomic E-state index is -0.0335. The van der Waals surface area contributed by atoms with Gasteiger partial charge in [-0.15, -0.1) is 0 Å². The third kappa shape index (κ3) is 3.79. The first-order valence-corrected chi connectivity index (χ1v) is 10.2. The molecule has 1 amide bonds. The van der Waals surface area contributed by atoms with Crippen molar-refractivity contribution in [3.8, 4) is 11.3 Å². The number of hydrogen-bond acceptors (Lipinski definition) is 4. The maximum atomic E-state index is 12.9. The smallest absolute Gasteiger partial charge is 0.224 e. The van der Waals surface area contributed by atoms with Crippen LogP contribution in [0.15, 0.2) is 34.7 Å². The summed E-state index contributed by atoms with van der Waals surface area (Å²) in [6.45, 7) is 6.08. The van der Waals surface area contributed by atoms with E-state index in [0.717, 1.165) is 49.4 Å². The monoisotopic (exact) mass is 367 g/mol. The molecule has 27 heavy (non-hydrogen) atoms. The van der Waals surface area contributed by atoms with Gasteiger partial charge in [0.25, 0.3) is 0 Å². The van der Waals surface area contributed by atoms with Crippen LogP contribution in [0.4, 0.5) is 0 Å². The van der Waals surface area contributed by atoms with E-state index in [1.807, 2.05) is 23.1 Å². The molecule has 2 aromatic rings. The molecule has 3 heterocycles. The number of carbonyl (C=O) groups is 1. The van der Waals surface area contributed by atoms with Crippen LogP contribution in [0.25, 0.3) is 11.3 Å². The van der Waals surface area contributed by atoms with Crippen molar-refractivity contribution in [2.75, 3.05) is 13.1 Å². The molecule has 0 radical (unpaired) electrons. The standard InChI is InChI=1S/C22H29N3O2/c1-15(2)21-20(16-8-4-3-5-9-16)24-22(27-21)18-11-7-13-25(18)19(26)14-17-10-6-12-23-17/h3-5,8-9,15,17-18,23H,6-7,10-14H2,1-2H3. The van der Waals surface area contributed by atoms with Gasteiger partial charge in [-0.25, -0.2) is 4.98 Å². The fraction of sp³-hybridized carbons (Fsp3) is 0.545. The molecule has 2 aliphatic heterocycles. The molecule has 2 fully saturated rings. The van der Waals surface area contributed by atoms with Crippen LogP contribution in [0.1, 0.15) is 69.6 Å². The number of likely N-dealkylation sites (tertiary alicyclic amines) is 1. The molecule has 2 saturated heterocycles. The Kier molecular flexibility index (Phi) is 5.30. The molecule has 0 bridgehead atoms. The fourth-order valence-electron chi connectivity index (χ4n) is 4.27. The van der Waals surface area contributed by atoms with Gasteiger partial charge in [-0.1, -0.05) is 44.2 Å². The van der Waals surface area contributed by atoms with Gasteiger partial charge in [0.05, 0.1) is 0 Å². The highest BCUT2D eigenvalue weighted by molar-refractivity contribution is 5.77. The lowest BCUT2D eigenvalue weighted by Crippen LogP contribution is -2.35. The third-order valence-electron chi connectivity index (χ3n) is 5.68. The Morgan fingerprint density at radius 3 is 2.78 bits per heavy atom. The lowest BCUT2D eigenvalue weighted by Gasteiger charge is -2.24. The van der Waals surface area contributed by atoms with Crippen LogP contribution in [0, 0.1) is 0 Å². The number of aromatic nitrogens is 1. The van der Waals surface area contributed by atoms with Crippen LogP contribution < -0.4 is 5.32 Å². The van der Waals surface area contributed by atoms with Gasteiger partial charge in [0.15, 0.2) is 0 Å². The van der Waals surface area contributed by atoms with Gasteiger partial charge in [-0.2, -0.15) is 0 Å². The molecule has 5 heteroatoms. The number of rotatable bonds is 5. The quantitative estimate of drug-likeness (QED) is 0.857. The zero-order valence-electron chi connectivity index (χ0n) is 16.3. The molecule has 0 spiro atoms. The van der Waals surface area contributed by atoms with E-state index in [-0.39, 0.29) is 17.9 Å². The number of nitrogens with one attached hydrogen (secondary N) is 1. The summed E-state index contributed by atoms with van der Waals surface area (Å²) in [6, 6.07) is 10.5. The molecule has 4 rings (SSSR count). The van der Waals surface area contributed by atoms with E-state index < -0.39 is 0 Å². The Balaban J connectivity index is 1.59. The van der Waals surface area contributed by atoms with Crippen LogP contribution >= 0.6 is 0 Å². The summed E-state index contributed by atoms with van der Waals surface area (Å²) in [5, 5.41) is 3.43. The van der Waals surface area contributed by atoms with Crippen molar-refractivity contribution in [2.45, 2.75) is 64.0 Å². The molecule has 0 saturated carbocycles. The topological polar surface area (TPSA) is 58.4 Å². The minimum Gasteiger partial charge on any atom is -0.442 e. The number of oxazole rings is 1. The lowest BCUT2D eigenvalue weighted by molar-refractivity contribution is -0.133. The van der Waals surface area contributed by atoms with Crippen molar-refractivity contribution >= 4 is 5.91 Å². The summed E-state index contributed by atoms with van der Waals surface area (Å²) in [7, 11) is 0. The summed E-state index contributed by atoms with van der Waals surface area (Å²) in [6.07, 6.45) is 4.78. The Hall–Kier alpha value is -2.14. The van der Waals surface area contributed by atoms with E-state index in [0.29, 0.717) is 18.4 Å². The number of hydrogen-bond donors (Lipinski definition) is 1. The zero-order chi connectivity index (χ0) is 18.8. The van der Waals surface area contributed by atoms with Gasteiger partial charge in [-0.05, 0) is 32.2 Å². The SMILES string of the molecule is CC(C)c1oc(C2CCCN2C(=O)CC2CCCN2)nc1-c1ccccc1. The van der Waals surface area contributed by atoms with E-state index in [4.69, 9.17) is 9.40 Å². The highest BCUT2D eigenvalue weighted by Crippen LogP contribution is 2.37. The molecule has 1 aromatic heterocycles. The molecule has 5 nitrogen and oxygen atoms in total. The highest BCUT2D eigenvalue weighted by Gasteiger charge is 2.35. The highest BCUT2D eigenvalue weighted by atomic mass is 16.4. The van der Waals surface area contributed by atoms with Crippen LogP contribution in [0.2, 0.25) is 0 Å². The van der Waals surface area contributed by atoms with Gasteiger partial charge in [0.1, 0.15) is 17.5 Å². The summed E-state index contributed by atoms with van der Waals surface area (Å²) >= 11 is 0. The van der Waals surface area contributed by atoms with Crippen LogP contribution in [-0.4, -0.2) is 34.9 Å². The predicted molar refractivity (Wildman–Crippen MR) is 105 cm³/mol. The second kappa shape index (κ2) is 7.85. The third-order valence-corrected chi connectivity index (χ3v) is 5.68. The summed E-state index contributed by atoms with van der Waals surface area (Å²) in [4.78, 5) is 19.8. The molecule has 2 atom stereocenters. The van der Waals surface area contributed by atoms with E-state index in [9.17, 15) is 4.79 Å². The van der Waals surface area contributed by atoms with Crippen molar-refractivity contribution in [3.05, 3.63) is 42.0 Å². The molecule has 2 unspecified atom stereocenters. The molecular weight excluding hydrogens is 338 g/mol. The van der Waals surface area contributed by atoms with Crippen molar-refractivity contribution in [3.63, 3.8) is 0 Å². The summed E-state index contributed by atoms with van der Waals surface area (Å²) in [5.74, 6) is 2.08. The van der Waals surface area contributed by atoms with Gasteiger partial charge >= 0.3 is 0 Å². The van der Waals surface area contributed by atoms with Crippen molar-refractivity contribution in [1.82, 2.24) is 15.2 Å². The first kappa shape index (κ1) is 18.2. The van der Waals surface area contributed by atoms with Crippen molar-refractivity contribution < 1.29 is 9.21 Å². The maximum Gasteiger partial charge on any atom is 0.224 e. The minimum absolute atomic E-state index is 0.0335. The van der Waals surface area contributed by atoms with Gasteiger partial charge in [0, 0.05) is 30.5 Å². The van der Waals surface area contributed by atoms with Gasteiger partial charge in [-0.3, -0.25) is 4.79 Å². The van der Waals surface area contributed by atoms with E-state index in [2.05, 4.69) is 31.3 Å². The van der Waals surface area contributed by atoms with Crippen molar-refractivity contribution in [1.29, 1.82) is 0 Å². The van der Waals surface area contributed by atoms with Gasteiger partial charge in [0.2, 0.25) is 11.8 Å². The maximum absolute atomic E-state index is 12.9. The van der Waals surface area contributed by atoms with Crippen LogP contribution in [-0.2, 0) is 4.79 Å². The second-order valence-electron chi connectivity index (χ2n) is 8.03. The summed E-state index contributed by atoms with van der Waals surface area (Å²) in [5.41, 5.74) is 1.99. The second-order valence-corrected chi connectivity index (χ2v) is 8.03. The first-order chi connectivity index (χ1) is 13.1. The molecular formula is C22H29N3O2. The summed E-state index contributed by atoms with van der Waals surface area (Å²) < 4.78 is 6.24. The van der Waals surface area contributed by atoms with Gasteiger partial charge < -0.3 is 14.6 Å². The molecule has 144 valence electrons. The molecule has 2 aliphatic rings. The fourth-order valence-corrected chi connectivity index (χ4v) is 4.27. The Labute approximate surface area is 161 Å². The normalized spacial score (nSPS) is 22.7. The Morgan fingerprint density at radius 1 is 1.26 bits per heavy atom. The molecule has 1 N–H and O–H groups in total. The average Bonchev–Trinajstić information content (AvgIpc) is 3.41. The Morgan fingerprint density at radius 2 is 2.07 bits per heavy atom. The van der Waals surface area contributed by atoms with E-state index in [1.54, 1.807) is 0 Å². The van der Waals surface area contributed by atoms with Crippen LogP contribution in [0.3, 0.4) is 0 Å². The Bertz CT molecular complexity index is 778. The molecule has 1 aromatic carbocycles. The van der Waals surface area contributed by atoms with E-state index in [1.165, 1.54) is 6.42 Å². The number of amides is 1. The number of benzene rings is 1. The molecule has 0 aliphatic carbocycles. The lowest BCUT2D eigenvalue weighted by atomic mass is 10.0. The first-order valence-electron chi connectivity index (χ1n) is 10.2. The largest absolute Gasteiger partial charge is 0.442 e. The number of nitrogens with zero attached hydrogens (tertiary/aromatic N) is 2. The van der Waals surface area contributed by atoms with Crippen molar-refractivity contribution in [2.24, 2.45) is 0 Å². The zero-order valence-corrected chi connectivity index (χ0v) is 16.3. The predicted octanol–water partition coefficient (Wildman–Crippen LogP) is 4.27. The van der Waals surface area contributed by atoms with Crippen LogP contribution in [0.5, 0.6) is 0 Å².